The van der Waals surface area contributed by atoms with Gasteiger partial charge in [-0.25, -0.2) is 9.37 Å². The molecule has 4 rings (SSSR count). The van der Waals surface area contributed by atoms with Crippen molar-refractivity contribution in [3.8, 4) is 5.69 Å². The highest BCUT2D eigenvalue weighted by Gasteiger charge is 2.17. The lowest BCUT2D eigenvalue weighted by molar-refractivity contribution is 0.100. The van der Waals surface area contributed by atoms with Gasteiger partial charge in [0.15, 0.2) is 0 Å². The number of pyridine rings is 1. The van der Waals surface area contributed by atoms with Gasteiger partial charge in [-0.15, -0.1) is 0 Å². The molecule has 2 N–H and O–H groups in total. The minimum Gasteiger partial charge on any atom is -0.366 e. The Balaban J connectivity index is 2.12. The molecule has 2 aromatic carbocycles. The fraction of sp³-hybridized carbons (Fsp3) is 0.0556. The number of aryl methyl sites for hydroxylation is 1. The predicted octanol–water partition coefficient (Wildman–Crippen LogP) is 3.88. The average molecular weight is 399 g/mol. The van der Waals surface area contributed by atoms with E-state index in [-0.39, 0.29) is 5.82 Å². The number of carbonyl (C=O) groups excluding carboxylic acids is 1. The number of rotatable bonds is 2. The molecule has 0 radical (unpaired) electrons. The van der Waals surface area contributed by atoms with Crippen molar-refractivity contribution in [3.63, 3.8) is 0 Å². The van der Waals surface area contributed by atoms with Gasteiger partial charge in [0, 0.05) is 10.7 Å². The first-order valence-corrected chi connectivity index (χ1v) is 8.27. The third-order valence-electron chi connectivity index (χ3n) is 4.16. The molecule has 0 aliphatic heterocycles. The molecule has 25 heavy (non-hydrogen) atoms. The predicted molar refractivity (Wildman–Crippen MR) is 97.3 cm³/mol. The summed E-state index contributed by atoms with van der Waals surface area (Å²) in [4.78, 5) is 20.3. The molecule has 124 valence electrons. The van der Waals surface area contributed by atoms with Crippen molar-refractivity contribution < 1.29 is 9.18 Å². The highest BCUT2D eigenvalue weighted by molar-refractivity contribution is 9.10. The summed E-state index contributed by atoms with van der Waals surface area (Å²) < 4.78 is 17.0. The first-order valence-electron chi connectivity index (χ1n) is 7.48. The number of carbonyl (C=O) groups is 1. The monoisotopic (exact) mass is 398 g/mol. The van der Waals surface area contributed by atoms with E-state index in [1.165, 1.54) is 6.07 Å². The van der Waals surface area contributed by atoms with Crippen LogP contribution in [0.5, 0.6) is 0 Å². The van der Waals surface area contributed by atoms with E-state index >= 15 is 0 Å². The fourth-order valence-electron chi connectivity index (χ4n) is 3.01. The highest BCUT2D eigenvalue weighted by atomic mass is 79.9. The summed E-state index contributed by atoms with van der Waals surface area (Å²) in [5.74, 6) is -0.936. The van der Waals surface area contributed by atoms with Crippen molar-refractivity contribution in [1.82, 2.24) is 14.5 Å². The lowest BCUT2D eigenvalue weighted by Gasteiger charge is -2.11. The lowest BCUT2D eigenvalue weighted by Crippen LogP contribution is -2.11. The van der Waals surface area contributed by atoms with Gasteiger partial charge in [0.1, 0.15) is 17.7 Å². The molecule has 7 heteroatoms. The first kappa shape index (κ1) is 15.7. The number of nitrogens with zero attached hydrogens (tertiary/aromatic N) is 3. The maximum atomic E-state index is 14.5. The number of hydrogen-bond acceptors (Lipinski definition) is 3. The van der Waals surface area contributed by atoms with E-state index in [0.29, 0.717) is 37.7 Å². The normalized spacial score (nSPS) is 11.3. The molecule has 2 aromatic heterocycles. The second-order valence-electron chi connectivity index (χ2n) is 5.72. The summed E-state index contributed by atoms with van der Waals surface area (Å²) >= 11 is 3.38. The maximum absolute atomic E-state index is 14.5. The van der Waals surface area contributed by atoms with Gasteiger partial charge in [-0.2, -0.15) is 0 Å². The second-order valence-corrected chi connectivity index (χ2v) is 6.63. The summed E-state index contributed by atoms with van der Waals surface area (Å²) in [6, 6.07) is 8.28. The first-order chi connectivity index (χ1) is 12.0. The van der Waals surface area contributed by atoms with E-state index in [2.05, 4.69) is 25.9 Å². The van der Waals surface area contributed by atoms with Crippen LogP contribution < -0.4 is 5.73 Å². The molecule has 0 saturated carbocycles. The molecule has 0 spiro atoms. The van der Waals surface area contributed by atoms with Crippen molar-refractivity contribution in [2.75, 3.05) is 0 Å². The van der Waals surface area contributed by atoms with Crippen LogP contribution in [0.25, 0.3) is 27.6 Å². The van der Waals surface area contributed by atoms with Crippen molar-refractivity contribution in [2.24, 2.45) is 5.73 Å². The van der Waals surface area contributed by atoms with E-state index in [1.54, 1.807) is 35.3 Å². The van der Waals surface area contributed by atoms with Crippen LogP contribution in [0.1, 0.15) is 15.9 Å². The van der Waals surface area contributed by atoms with Crippen LogP contribution in [-0.4, -0.2) is 20.4 Å². The van der Waals surface area contributed by atoms with Crippen molar-refractivity contribution >= 4 is 43.8 Å². The molecule has 2 heterocycles. The van der Waals surface area contributed by atoms with Crippen LogP contribution in [0.2, 0.25) is 0 Å². The zero-order valence-electron chi connectivity index (χ0n) is 13.1. The van der Waals surface area contributed by atoms with Gasteiger partial charge in [-0.05, 0) is 36.8 Å². The third-order valence-corrected chi connectivity index (χ3v) is 4.62. The molecule has 1 amide bonds. The summed E-state index contributed by atoms with van der Waals surface area (Å²) in [6.07, 6.45) is 3.18. The maximum Gasteiger partial charge on any atom is 0.251 e. The van der Waals surface area contributed by atoms with E-state index in [0.717, 1.165) is 5.56 Å². The Kier molecular flexibility index (Phi) is 3.54. The van der Waals surface area contributed by atoms with Crippen LogP contribution in [0, 0.1) is 12.7 Å². The number of benzene rings is 2. The molecular formula is C18H12BrFN4O. The molecule has 0 fully saturated rings. The van der Waals surface area contributed by atoms with Gasteiger partial charge >= 0.3 is 0 Å². The van der Waals surface area contributed by atoms with Gasteiger partial charge in [0.2, 0.25) is 0 Å². The number of fused-ring (bicyclic) bond motifs is 2. The molecule has 0 saturated heterocycles. The Morgan fingerprint density at radius 1 is 1.20 bits per heavy atom. The number of aromatic nitrogens is 3. The molecule has 0 aliphatic rings. The zero-order chi connectivity index (χ0) is 17.7. The molecule has 0 bridgehead atoms. The number of primary amides is 1. The summed E-state index contributed by atoms with van der Waals surface area (Å²) in [5.41, 5.74) is 8.94. The minimum absolute atomic E-state index is 0.304. The largest absolute Gasteiger partial charge is 0.366 e. The van der Waals surface area contributed by atoms with Crippen LogP contribution in [-0.2, 0) is 0 Å². The Morgan fingerprint density at radius 3 is 2.76 bits per heavy atom. The van der Waals surface area contributed by atoms with E-state index in [4.69, 9.17) is 5.73 Å². The molecule has 0 atom stereocenters. The Bertz CT molecular complexity index is 1170. The molecule has 0 aliphatic carbocycles. The van der Waals surface area contributed by atoms with Crippen LogP contribution in [0.15, 0.2) is 47.3 Å². The number of nitrogens with two attached hydrogens (primary N) is 1. The summed E-state index contributed by atoms with van der Waals surface area (Å²) in [6.45, 7) is 1.88. The van der Waals surface area contributed by atoms with Crippen molar-refractivity contribution in [3.05, 3.63) is 64.3 Å². The molecule has 4 aromatic rings. The molecular weight excluding hydrogens is 387 g/mol. The van der Waals surface area contributed by atoms with Crippen molar-refractivity contribution in [2.45, 2.75) is 6.92 Å². The Labute approximate surface area is 150 Å². The van der Waals surface area contributed by atoms with Gasteiger partial charge in [0.25, 0.3) is 5.91 Å². The molecule has 5 nitrogen and oxygen atoms in total. The standard InChI is InChI=1S/C18H12BrFN4O/c1-9-2-3-12(20)15-13(4-5-22-16(9)15)24-8-23-17-11(18(21)25)6-10(19)7-14(17)24/h2-8H,1H3,(H2,21,25). The fourth-order valence-corrected chi connectivity index (χ4v) is 3.45. The number of imidazole rings is 1. The van der Waals surface area contributed by atoms with Gasteiger partial charge < -0.3 is 5.73 Å². The van der Waals surface area contributed by atoms with Gasteiger partial charge in [-0.3, -0.25) is 14.3 Å². The topological polar surface area (TPSA) is 73.8 Å². The highest BCUT2D eigenvalue weighted by Crippen LogP contribution is 2.30. The zero-order valence-corrected chi connectivity index (χ0v) is 14.7. The molecule has 0 unspecified atom stereocenters. The minimum atomic E-state index is -0.571. The smallest absolute Gasteiger partial charge is 0.251 e. The van der Waals surface area contributed by atoms with Crippen LogP contribution in [0.4, 0.5) is 4.39 Å². The Hall–Kier alpha value is -2.80. The van der Waals surface area contributed by atoms with E-state index in [9.17, 15) is 9.18 Å². The van der Waals surface area contributed by atoms with Crippen LogP contribution in [0.3, 0.4) is 0 Å². The number of halogens is 2. The number of hydrogen-bond donors (Lipinski definition) is 1. The van der Waals surface area contributed by atoms with Crippen LogP contribution >= 0.6 is 15.9 Å². The summed E-state index contributed by atoms with van der Waals surface area (Å²) in [7, 11) is 0. The van der Waals surface area contributed by atoms with Gasteiger partial charge in [-0.1, -0.05) is 22.0 Å². The average Bonchev–Trinajstić information content (AvgIpc) is 3.00. The second kappa shape index (κ2) is 5.63. The van der Waals surface area contributed by atoms with E-state index < -0.39 is 5.91 Å². The lowest BCUT2D eigenvalue weighted by atomic mass is 10.1. The van der Waals surface area contributed by atoms with E-state index in [1.807, 2.05) is 13.0 Å². The van der Waals surface area contributed by atoms with Crippen molar-refractivity contribution in [1.29, 1.82) is 0 Å². The summed E-state index contributed by atoms with van der Waals surface area (Å²) in [5, 5.41) is 0.405. The third kappa shape index (κ3) is 2.39. The Morgan fingerprint density at radius 2 is 2.00 bits per heavy atom. The van der Waals surface area contributed by atoms with Gasteiger partial charge in [0.05, 0.1) is 27.7 Å². The SMILES string of the molecule is Cc1ccc(F)c2c(-n3cnc4c(C(N)=O)cc(Br)cc43)ccnc12. The quantitative estimate of drug-likeness (QED) is 0.556. The number of amides is 1.